The molecule has 24 heavy (non-hydrogen) atoms. The minimum absolute atomic E-state index is 0.448. The summed E-state index contributed by atoms with van der Waals surface area (Å²) in [6, 6.07) is 14.0. The zero-order valence-electron chi connectivity index (χ0n) is 13.0. The van der Waals surface area contributed by atoms with E-state index in [-0.39, 0.29) is 0 Å². The third kappa shape index (κ3) is 3.31. The van der Waals surface area contributed by atoms with E-state index in [1.54, 1.807) is 12.1 Å². The van der Waals surface area contributed by atoms with E-state index in [0.29, 0.717) is 23.1 Å². The van der Waals surface area contributed by atoms with E-state index in [1.165, 1.54) is 0 Å². The molecule has 2 N–H and O–H groups in total. The Morgan fingerprint density at radius 1 is 1.17 bits per heavy atom. The Morgan fingerprint density at radius 2 is 1.88 bits per heavy atom. The number of aliphatic carboxylic acids is 1. The molecule has 5 nitrogen and oxygen atoms in total. The normalized spacial score (nSPS) is 12.1. The van der Waals surface area contributed by atoms with Gasteiger partial charge in [-0.25, -0.2) is 14.8 Å². The lowest BCUT2D eigenvalue weighted by atomic mass is 10.1. The molecule has 0 aliphatic rings. The number of hydrogen-bond acceptors (Lipinski definition) is 4. The van der Waals surface area contributed by atoms with Gasteiger partial charge in [-0.2, -0.15) is 0 Å². The van der Waals surface area contributed by atoms with Crippen LogP contribution in [0.4, 0.5) is 5.82 Å². The van der Waals surface area contributed by atoms with Crippen molar-refractivity contribution in [3.63, 3.8) is 0 Å². The summed E-state index contributed by atoms with van der Waals surface area (Å²) in [6.45, 7) is 1.81. The maximum atomic E-state index is 11.3. The van der Waals surface area contributed by atoms with Crippen molar-refractivity contribution in [3.8, 4) is 11.4 Å². The topological polar surface area (TPSA) is 75.1 Å². The molecule has 0 fully saturated rings. The molecular weight excluding hydrogens is 326 g/mol. The molecule has 3 rings (SSSR count). The van der Waals surface area contributed by atoms with Crippen LogP contribution in [0.25, 0.3) is 22.3 Å². The van der Waals surface area contributed by atoms with Crippen LogP contribution in [0.15, 0.2) is 48.5 Å². The molecule has 1 heterocycles. The summed E-state index contributed by atoms with van der Waals surface area (Å²) in [5.41, 5.74) is 1.57. The zero-order chi connectivity index (χ0) is 17.1. The van der Waals surface area contributed by atoms with E-state index in [9.17, 15) is 9.90 Å². The highest BCUT2D eigenvalue weighted by Crippen LogP contribution is 2.26. The number of carboxylic acids is 1. The molecule has 0 spiro atoms. The standard InChI is InChI=1S/C18H16ClN3O2/c1-2-14(18(23)24)20-17-13-5-3-4-6-15(13)21-16(22-17)11-7-9-12(19)10-8-11/h3-10,14H,2H2,1H3,(H,23,24)(H,20,21,22). The van der Waals surface area contributed by atoms with Gasteiger partial charge in [0.15, 0.2) is 5.82 Å². The molecule has 0 saturated heterocycles. The molecule has 0 aliphatic heterocycles. The van der Waals surface area contributed by atoms with E-state index in [1.807, 2.05) is 43.3 Å². The molecule has 2 aromatic carbocycles. The number of halogens is 1. The largest absolute Gasteiger partial charge is 0.480 e. The summed E-state index contributed by atoms with van der Waals surface area (Å²) in [6.07, 6.45) is 0.448. The SMILES string of the molecule is CCC(Nc1nc(-c2ccc(Cl)cc2)nc2ccccc12)C(=O)O. The summed E-state index contributed by atoms with van der Waals surface area (Å²) < 4.78 is 0. The lowest BCUT2D eigenvalue weighted by molar-refractivity contribution is -0.137. The number of nitrogens with one attached hydrogen (secondary N) is 1. The number of carboxylic acid groups (broad SMARTS) is 1. The number of fused-ring (bicyclic) bond motifs is 1. The molecule has 122 valence electrons. The molecule has 6 heteroatoms. The maximum Gasteiger partial charge on any atom is 0.326 e. The van der Waals surface area contributed by atoms with Gasteiger partial charge in [-0.15, -0.1) is 0 Å². The highest BCUT2D eigenvalue weighted by Gasteiger charge is 2.18. The van der Waals surface area contributed by atoms with Crippen LogP contribution >= 0.6 is 11.6 Å². The zero-order valence-corrected chi connectivity index (χ0v) is 13.8. The predicted molar refractivity (Wildman–Crippen MR) is 95.3 cm³/mol. The number of rotatable bonds is 5. The summed E-state index contributed by atoms with van der Waals surface area (Å²) in [5.74, 6) is 0.126. The van der Waals surface area contributed by atoms with Gasteiger partial charge in [0.2, 0.25) is 0 Å². The number of carbonyl (C=O) groups is 1. The Morgan fingerprint density at radius 3 is 2.54 bits per heavy atom. The average molecular weight is 342 g/mol. The van der Waals surface area contributed by atoms with Gasteiger partial charge in [-0.3, -0.25) is 0 Å². The van der Waals surface area contributed by atoms with Crippen molar-refractivity contribution in [2.75, 3.05) is 5.32 Å². The monoisotopic (exact) mass is 341 g/mol. The minimum Gasteiger partial charge on any atom is -0.480 e. The first-order chi connectivity index (χ1) is 11.6. The van der Waals surface area contributed by atoms with E-state index in [4.69, 9.17) is 11.6 Å². The Kier molecular flexibility index (Phi) is 4.62. The molecule has 1 unspecified atom stereocenters. The van der Waals surface area contributed by atoms with Gasteiger partial charge in [-0.1, -0.05) is 30.7 Å². The van der Waals surface area contributed by atoms with Gasteiger partial charge in [0.05, 0.1) is 5.52 Å². The van der Waals surface area contributed by atoms with Gasteiger partial charge in [0.1, 0.15) is 11.9 Å². The van der Waals surface area contributed by atoms with Crippen LogP contribution in [0.2, 0.25) is 5.02 Å². The van der Waals surface area contributed by atoms with Gasteiger partial charge in [0, 0.05) is 16.0 Å². The van der Waals surface area contributed by atoms with Crippen molar-refractivity contribution in [2.24, 2.45) is 0 Å². The Balaban J connectivity index is 2.12. The molecule has 0 aliphatic carbocycles. The number of benzene rings is 2. The first-order valence-electron chi connectivity index (χ1n) is 7.60. The third-order valence-electron chi connectivity index (χ3n) is 3.72. The number of anilines is 1. The van der Waals surface area contributed by atoms with Crippen molar-refractivity contribution >= 4 is 34.3 Å². The van der Waals surface area contributed by atoms with Crippen molar-refractivity contribution in [1.82, 2.24) is 9.97 Å². The first kappa shape index (κ1) is 16.2. The second-order valence-corrected chi connectivity index (χ2v) is 5.80. The highest BCUT2D eigenvalue weighted by molar-refractivity contribution is 6.30. The molecular formula is C18H16ClN3O2. The van der Waals surface area contributed by atoms with Crippen LogP contribution in [-0.2, 0) is 4.79 Å². The third-order valence-corrected chi connectivity index (χ3v) is 3.97. The molecule has 0 amide bonds. The Labute approximate surface area is 144 Å². The smallest absolute Gasteiger partial charge is 0.326 e. The van der Waals surface area contributed by atoms with Crippen LogP contribution in [0.5, 0.6) is 0 Å². The Hall–Kier alpha value is -2.66. The fraction of sp³-hybridized carbons (Fsp3) is 0.167. The lowest BCUT2D eigenvalue weighted by Crippen LogP contribution is -2.28. The Bertz CT molecular complexity index is 881. The van der Waals surface area contributed by atoms with Crippen molar-refractivity contribution in [2.45, 2.75) is 19.4 Å². The van der Waals surface area contributed by atoms with Crippen LogP contribution in [-0.4, -0.2) is 27.1 Å². The van der Waals surface area contributed by atoms with Crippen molar-refractivity contribution < 1.29 is 9.90 Å². The second kappa shape index (κ2) is 6.84. The lowest BCUT2D eigenvalue weighted by Gasteiger charge is -2.15. The van der Waals surface area contributed by atoms with Gasteiger partial charge in [-0.05, 0) is 42.8 Å². The van der Waals surface area contributed by atoms with Gasteiger partial charge < -0.3 is 10.4 Å². The fourth-order valence-corrected chi connectivity index (χ4v) is 2.54. The fourth-order valence-electron chi connectivity index (χ4n) is 2.42. The van der Waals surface area contributed by atoms with Crippen molar-refractivity contribution in [3.05, 3.63) is 53.6 Å². The number of hydrogen-bond donors (Lipinski definition) is 2. The molecule has 0 radical (unpaired) electrons. The summed E-state index contributed by atoms with van der Waals surface area (Å²) in [5, 5.41) is 13.7. The van der Waals surface area contributed by atoms with Gasteiger partial charge >= 0.3 is 5.97 Å². The van der Waals surface area contributed by atoms with E-state index in [0.717, 1.165) is 16.5 Å². The first-order valence-corrected chi connectivity index (χ1v) is 7.98. The van der Waals surface area contributed by atoms with E-state index >= 15 is 0 Å². The molecule has 3 aromatic rings. The summed E-state index contributed by atoms with van der Waals surface area (Å²) in [4.78, 5) is 20.5. The van der Waals surface area contributed by atoms with E-state index < -0.39 is 12.0 Å². The second-order valence-electron chi connectivity index (χ2n) is 5.36. The predicted octanol–water partition coefficient (Wildman–Crippen LogP) is 4.23. The van der Waals surface area contributed by atoms with Crippen LogP contribution in [0, 0.1) is 0 Å². The molecule has 1 atom stereocenters. The van der Waals surface area contributed by atoms with Crippen LogP contribution in [0.1, 0.15) is 13.3 Å². The molecule has 0 bridgehead atoms. The molecule has 0 saturated carbocycles. The van der Waals surface area contributed by atoms with Crippen molar-refractivity contribution in [1.29, 1.82) is 0 Å². The number of aromatic nitrogens is 2. The average Bonchev–Trinajstić information content (AvgIpc) is 2.59. The highest BCUT2D eigenvalue weighted by atomic mass is 35.5. The molecule has 1 aromatic heterocycles. The quantitative estimate of drug-likeness (QED) is 0.726. The minimum atomic E-state index is -0.909. The summed E-state index contributed by atoms with van der Waals surface area (Å²) in [7, 11) is 0. The van der Waals surface area contributed by atoms with E-state index in [2.05, 4.69) is 15.3 Å². The van der Waals surface area contributed by atoms with Crippen LogP contribution < -0.4 is 5.32 Å². The van der Waals surface area contributed by atoms with Crippen LogP contribution in [0.3, 0.4) is 0 Å². The summed E-state index contributed by atoms with van der Waals surface area (Å²) >= 11 is 5.93. The maximum absolute atomic E-state index is 11.3. The van der Waals surface area contributed by atoms with Gasteiger partial charge in [0.25, 0.3) is 0 Å². The number of para-hydroxylation sites is 1. The number of nitrogens with zero attached hydrogens (tertiary/aromatic N) is 2.